The van der Waals surface area contributed by atoms with E-state index in [2.05, 4.69) is 10.1 Å². The first kappa shape index (κ1) is 16.1. The van der Waals surface area contributed by atoms with E-state index in [0.29, 0.717) is 29.7 Å². The maximum absolute atomic E-state index is 12.7. The van der Waals surface area contributed by atoms with Crippen LogP contribution in [0.25, 0.3) is 11.0 Å². The lowest BCUT2D eigenvalue weighted by atomic mass is 10.1. The molecular formula is C20H18N4O2. The highest BCUT2D eigenvalue weighted by atomic mass is 16.2. The number of benzene rings is 2. The highest BCUT2D eigenvalue weighted by Gasteiger charge is 2.17. The smallest absolute Gasteiger partial charge is 0.291 e. The van der Waals surface area contributed by atoms with Gasteiger partial charge in [0.1, 0.15) is 11.0 Å². The summed E-state index contributed by atoms with van der Waals surface area (Å²) >= 11 is 0. The van der Waals surface area contributed by atoms with E-state index in [1.807, 2.05) is 60.7 Å². The molecule has 6 nitrogen and oxygen atoms in total. The van der Waals surface area contributed by atoms with Crippen molar-refractivity contribution in [3.63, 3.8) is 0 Å². The predicted molar refractivity (Wildman–Crippen MR) is 100 cm³/mol. The summed E-state index contributed by atoms with van der Waals surface area (Å²) in [6.45, 7) is 0.481. The van der Waals surface area contributed by atoms with Crippen LogP contribution in [-0.2, 0) is 20.0 Å². The van der Waals surface area contributed by atoms with Gasteiger partial charge in [-0.15, -0.1) is 0 Å². The molecule has 4 aromatic rings. The molecule has 6 heteroatoms. The van der Waals surface area contributed by atoms with Crippen molar-refractivity contribution in [3.8, 4) is 0 Å². The molecule has 2 aromatic heterocycles. The van der Waals surface area contributed by atoms with Gasteiger partial charge in [0.15, 0.2) is 0 Å². The van der Waals surface area contributed by atoms with Gasteiger partial charge in [-0.05, 0) is 11.1 Å². The van der Waals surface area contributed by atoms with Crippen molar-refractivity contribution in [2.75, 3.05) is 0 Å². The van der Waals surface area contributed by atoms with Crippen molar-refractivity contribution in [3.05, 3.63) is 98.3 Å². The van der Waals surface area contributed by atoms with Crippen LogP contribution >= 0.6 is 0 Å². The fourth-order valence-electron chi connectivity index (χ4n) is 3.09. The Morgan fingerprint density at radius 3 is 2.19 bits per heavy atom. The molecule has 2 heterocycles. The van der Waals surface area contributed by atoms with Gasteiger partial charge in [0.2, 0.25) is 0 Å². The van der Waals surface area contributed by atoms with Gasteiger partial charge < -0.3 is 0 Å². The first-order chi connectivity index (χ1) is 12.6. The van der Waals surface area contributed by atoms with Crippen LogP contribution in [-0.4, -0.2) is 19.3 Å². The molecule has 0 spiro atoms. The summed E-state index contributed by atoms with van der Waals surface area (Å²) in [5, 5.41) is 5.12. The van der Waals surface area contributed by atoms with Crippen molar-refractivity contribution < 1.29 is 0 Å². The van der Waals surface area contributed by atoms with E-state index in [4.69, 9.17) is 0 Å². The maximum atomic E-state index is 12.7. The second-order valence-corrected chi connectivity index (χ2v) is 6.27. The first-order valence-electron chi connectivity index (χ1n) is 8.40. The highest BCUT2D eigenvalue weighted by Crippen LogP contribution is 2.17. The van der Waals surface area contributed by atoms with Crippen LogP contribution in [0.1, 0.15) is 16.8 Å². The Balaban J connectivity index is 1.89. The lowest BCUT2D eigenvalue weighted by molar-refractivity contribution is 0.686. The second kappa shape index (κ2) is 6.48. The largest absolute Gasteiger partial charge is 0.329 e. The molecular weight excluding hydrogens is 328 g/mol. The molecule has 2 aromatic carbocycles. The average Bonchev–Trinajstić information content (AvgIpc) is 2.98. The van der Waals surface area contributed by atoms with Crippen molar-refractivity contribution >= 4 is 11.0 Å². The van der Waals surface area contributed by atoms with E-state index in [1.54, 1.807) is 4.68 Å². The number of rotatable bonds is 4. The highest BCUT2D eigenvalue weighted by molar-refractivity contribution is 5.77. The molecule has 0 fully saturated rings. The summed E-state index contributed by atoms with van der Waals surface area (Å²) in [7, 11) is 1.47. The maximum Gasteiger partial charge on any atom is 0.329 e. The fourth-order valence-corrected chi connectivity index (χ4v) is 3.09. The molecule has 0 saturated carbocycles. The minimum Gasteiger partial charge on any atom is -0.291 e. The van der Waals surface area contributed by atoms with Gasteiger partial charge in [-0.3, -0.25) is 14.3 Å². The molecule has 0 aliphatic rings. The number of nitrogens with one attached hydrogen (secondary N) is 1. The Morgan fingerprint density at radius 1 is 0.923 bits per heavy atom. The molecule has 0 aliphatic carbocycles. The number of fused-ring (bicyclic) bond motifs is 1. The van der Waals surface area contributed by atoms with Gasteiger partial charge in [0.05, 0.1) is 12.2 Å². The van der Waals surface area contributed by atoms with E-state index in [0.717, 1.165) is 15.7 Å². The number of H-pyrrole nitrogens is 1. The zero-order chi connectivity index (χ0) is 18.1. The van der Waals surface area contributed by atoms with Gasteiger partial charge in [-0.2, -0.15) is 5.10 Å². The summed E-state index contributed by atoms with van der Waals surface area (Å²) in [6, 6.07) is 19.7. The third kappa shape index (κ3) is 2.86. The quantitative estimate of drug-likeness (QED) is 0.615. The molecule has 0 atom stereocenters. The molecule has 1 N–H and O–H groups in total. The van der Waals surface area contributed by atoms with Crippen molar-refractivity contribution in [2.45, 2.75) is 13.0 Å². The number of aromatic nitrogens is 4. The third-order valence-electron chi connectivity index (χ3n) is 4.46. The minimum atomic E-state index is -0.442. The standard InChI is InChI=1S/C20H18N4O2/c1-23-19(25)17-16(12-14-8-4-2-5-9-14)22-24(18(17)21-20(23)26)13-15-10-6-3-7-11-15/h2-11H,12-13H2,1H3,(H,21,26). The second-order valence-electron chi connectivity index (χ2n) is 6.27. The minimum absolute atomic E-state index is 0.325. The molecule has 0 unspecified atom stereocenters. The van der Waals surface area contributed by atoms with Crippen LogP contribution in [0.2, 0.25) is 0 Å². The Labute approximate surface area is 149 Å². The van der Waals surface area contributed by atoms with Gasteiger partial charge in [0, 0.05) is 13.5 Å². The van der Waals surface area contributed by atoms with Crippen molar-refractivity contribution in [1.82, 2.24) is 19.3 Å². The zero-order valence-electron chi connectivity index (χ0n) is 14.3. The van der Waals surface area contributed by atoms with Crippen LogP contribution < -0.4 is 11.2 Å². The SMILES string of the molecule is Cn1c(=O)[nH]c2c(c(Cc3ccccc3)nn2Cc2ccccc2)c1=O. The van der Waals surface area contributed by atoms with E-state index >= 15 is 0 Å². The topological polar surface area (TPSA) is 72.7 Å². The van der Waals surface area contributed by atoms with E-state index in [9.17, 15) is 9.59 Å². The summed E-state index contributed by atoms with van der Waals surface area (Å²) in [6.07, 6.45) is 0.528. The Kier molecular flexibility index (Phi) is 4.01. The number of hydrogen-bond acceptors (Lipinski definition) is 3. The monoisotopic (exact) mass is 346 g/mol. The zero-order valence-corrected chi connectivity index (χ0v) is 14.3. The lowest BCUT2D eigenvalue weighted by Gasteiger charge is -2.03. The Bertz CT molecular complexity index is 1170. The summed E-state index contributed by atoms with van der Waals surface area (Å²) in [5.41, 5.74) is 2.47. The Hall–Kier alpha value is -3.41. The molecule has 0 saturated heterocycles. The Morgan fingerprint density at radius 2 is 1.54 bits per heavy atom. The van der Waals surface area contributed by atoms with Crippen LogP contribution in [0.5, 0.6) is 0 Å². The molecule has 0 aliphatic heterocycles. The summed E-state index contributed by atoms with van der Waals surface area (Å²) in [5.74, 6) is 0. The van der Waals surface area contributed by atoms with E-state index < -0.39 is 5.69 Å². The molecule has 4 rings (SSSR count). The first-order valence-corrected chi connectivity index (χ1v) is 8.40. The number of hydrogen-bond donors (Lipinski definition) is 1. The van der Waals surface area contributed by atoms with Crippen LogP contribution in [0.3, 0.4) is 0 Å². The summed E-state index contributed by atoms with van der Waals surface area (Å²) in [4.78, 5) is 27.6. The molecule has 0 amide bonds. The molecule has 130 valence electrons. The van der Waals surface area contributed by atoms with E-state index in [-0.39, 0.29) is 5.56 Å². The van der Waals surface area contributed by atoms with E-state index in [1.165, 1.54) is 7.05 Å². The van der Waals surface area contributed by atoms with Gasteiger partial charge in [0.25, 0.3) is 5.56 Å². The number of aromatic amines is 1. The van der Waals surface area contributed by atoms with Crippen LogP contribution in [0.4, 0.5) is 0 Å². The molecule has 0 radical (unpaired) electrons. The number of nitrogens with zero attached hydrogens (tertiary/aromatic N) is 3. The van der Waals surface area contributed by atoms with Gasteiger partial charge in [-0.25, -0.2) is 9.48 Å². The normalized spacial score (nSPS) is 11.1. The molecule has 26 heavy (non-hydrogen) atoms. The van der Waals surface area contributed by atoms with Gasteiger partial charge in [-0.1, -0.05) is 60.7 Å². The van der Waals surface area contributed by atoms with Crippen molar-refractivity contribution in [1.29, 1.82) is 0 Å². The summed E-state index contributed by atoms with van der Waals surface area (Å²) < 4.78 is 2.79. The third-order valence-corrected chi connectivity index (χ3v) is 4.46. The predicted octanol–water partition coefficient (Wildman–Crippen LogP) is 2.06. The van der Waals surface area contributed by atoms with Crippen LogP contribution in [0, 0.1) is 0 Å². The average molecular weight is 346 g/mol. The lowest BCUT2D eigenvalue weighted by Crippen LogP contribution is -2.32. The van der Waals surface area contributed by atoms with Gasteiger partial charge >= 0.3 is 5.69 Å². The molecule has 0 bridgehead atoms. The van der Waals surface area contributed by atoms with Crippen molar-refractivity contribution in [2.24, 2.45) is 7.05 Å². The van der Waals surface area contributed by atoms with Crippen LogP contribution in [0.15, 0.2) is 70.3 Å². The fraction of sp³-hybridized carbons (Fsp3) is 0.150.